The van der Waals surface area contributed by atoms with Crippen molar-refractivity contribution in [3.8, 4) is 0 Å². The third-order valence-corrected chi connectivity index (χ3v) is 3.03. The number of hydrogen-bond acceptors (Lipinski definition) is 2. The van der Waals surface area contributed by atoms with Gasteiger partial charge < -0.3 is 9.47 Å². The second-order valence-corrected chi connectivity index (χ2v) is 4.33. The quantitative estimate of drug-likeness (QED) is 0.559. The minimum absolute atomic E-state index is 0. The fourth-order valence-electron chi connectivity index (χ4n) is 2.17. The average molecular weight is 172 g/mol. The smallest absolute Gasteiger partial charge is 0.168 e. The minimum atomic E-state index is -0.175. The van der Waals surface area contributed by atoms with Crippen molar-refractivity contribution in [2.24, 2.45) is 5.92 Å². The first-order chi connectivity index (χ1) is 5.70. The molecule has 1 atom stereocenters. The van der Waals surface area contributed by atoms with Crippen molar-refractivity contribution in [3.05, 3.63) is 0 Å². The van der Waals surface area contributed by atoms with Crippen molar-refractivity contribution in [1.82, 2.24) is 0 Å². The summed E-state index contributed by atoms with van der Waals surface area (Å²) >= 11 is 0. The Bertz CT molecular complexity index is 164. The summed E-state index contributed by atoms with van der Waals surface area (Å²) in [5.74, 6) is 0.685. The van der Waals surface area contributed by atoms with Gasteiger partial charge >= 0.3 is 0 Å². The molecule has 0 aromatic heterocycles. The monoisotopic (exact) mass is 172 g/mol. The summed E-state index contributed by atoms with van der Waals surface area (Å²) in [5.41, 5.74) is 0. The molecule has 0 N–H and O–H groups in total. The Balaban J connectivity index is 0.000000845. The van der Waals surface area contributed by atoms with Crippen LogP contribution in [0.3, 0.4) is 0 Å². The first-order valence-electron chi connectivity index (χ1n) is 5.02. The van der Waals surface area contributed by atoms with Gasteiger partial charge in [0.1, 0.15) is 0 Å². The SMILES string of the molecule is CC1CCC2(CC1)OCC(C)O2.[HH]. The van der Waals surface area contributed by atoms with Gasteiger partial charge in [0.25, 0.3) is 0 Å². The van der Waals surface area contributed by atoms with E-state index in [0.717, 1.165) is 25.4 Å². The van der Waals surface area contributed by atoms with Crippen molar-refractivity contribution in [2.75, 3.05) is 6.61 Å². The van der Waals surface area contributed by atoms with Gasteiger partial charge in [-0.15, -0.1) is 0 Å². The summed E-state index contributed by atoms with van der Waals surface area (Å²) in [7, 11) is 0. The maximum absolute atomic E-state index is 5.82. The molecule has 1 aliphatic carbocycles. The number of hydrogen-bond donors (Lipinski definition) is 0. The number of rotatable bonds is 0. The van der Waals surface area contributed by atoms with Gasteiger partial charge in [0.15, 0.2) is 5.79 Å². The molecule has 2 rings (SSSR count). The zero-order valence-corrected chi connectivity index (χ0v) is 8.01. The molecule has 1 saturated carbocycles. The summed E-state index contributed by atoms with van der Waals surface area (Å²) in [6, 6.07) is 0. The third kappa shape index (κ3) is 1.50. The molecular weight excluding hydrogens is 152 g/mol. The highest BCUT2D eigenvalue weighted by Gasteiger charge is 2.41. The van der Waals surface area contributed by atoms with Crippen LogP contribution in [-0.2, 0) is 9.47 Å². The Morgan fingerprint density at radius 2 is 1.92 bits per heavy atom. The molecule has 0 aromatic carbocycles. The molecule has 1 unspecified atom stereocenters. The molecule has 2 heteroatoms. The van der Waals surface area contributed by atoms with E-state index in [-0.39, 0.29) is 7.21 Å². The van der Waals surface area contributed by atoms with Gasteiger partial charge in [0.05, 0.1) is 12.7 Å². The van der Waals surface area contributed by atoms with Gasteiger partial charge in [0, 0.05) is 14.3 Å². The zero-order chi connectivity index (χ0) is 8.60. The van der Waals surface area contributed by atoms with Crippen LogP contribution in [0, 0.1) is 5.92 Å². The lowest BCUT2D eigenvalue weighted by molar-refractivity contribution is -0.190. The molecular formula is C10H20O2. The van der Waals surface area contributed by atoms with Gasteiger partial charge in [-0.2, -0.15) is 0 Å². The fourth-order valence-corrected chi connectivity index (χ4v) is 2.17. The van der Waals surface area contributed by atoms with Crippen molar-refractivity contribution < 1.29 is 10.9 Å². The topological polar surface area (TPSA) is 18.5 Å². The van der Waals surface area contributed by atoms with Crippen LogP contribution in [0.1, 0.15) is 41.0 Å². The molecule has 1 aliphatic heterocycles. The minimum Gasteiger partial charge on any atom is -0.347 e. The van der Waals surface area contributed by atoms with E-state index >= 15 is 0 Å². The normalized spacial score (nSPS) is 48.5. The van der Waals surface area contributed by atoms with E-state index in [0.29, 0.717) is 6.10 Å². The molecule has 2 aliphatic rings. The Morgan fingerprint density at radius 1 is 1.25 bits per heavy atom. The lowest BCUT2D eigenvalue weighted by Crippen LogP contribution is -2.35. The average Bonchev–Trinajstić information content (AvgIpc) is 2.40. The van der Waals surface area contributed by atoms with Crippen LogP contribution in [0.15, 0.2) is 0 Å². The second-order valence-electron chi connectivity index (χ2n) is 4.33. The van der Waals surface area contributed by atoms with Crippen molar-refractivity contribution >= 4 is 0 Å². The highest BCUT2D eigenvalue weighted by atomic mass is 16.7. The van der Waals surface area contributed by atoms with Crippen molar-refractivity contribution in [3.63, 3.8) is 0 Å². The van der Waals surface area contributed by atoms with Crippen LogP contribution in [0.5, 0.6) is 0 Å². The first kappa shape index (κ1) is 8.52. The molecule has 72 valence electrons. The van der Waals surface area contributed by atoms with Crippen molar-refractivity contribution in [1.29, 1.82) is 0 Å². The van der Waals surface area contributed by atoms with Crippen molar-refractivity contribution in [2.45, 2.75) is 51.4 Å². The lowest BCUT2D eigenvalue weighted by atomic mass is 9.86. The summed E-state index contributed by atoms with van der Waals surface area (Å²) in [5, 5.41) is 0. The van der Waals surface area contributed by atoms with E-state index in [1.807, 2.05) is 0 Å². The summed E-state index contributed by atoms with van der Waals surface area (Å²) in [6.07, 6.45) is 5.01. The molecule has 1 spiro atoms. The molecule has 2 nitrogen and oxygen atoms in total. The summed E-state index contributed by atoms with van der Waals surface area (Å²) < 4.78 is 11.5. The molecule has 0 radical (unpaired) electrons. The van der Waals surface area contributed by atoms with E-state index in [2.05, 4.69) is 13.8 Å². The maximum atomic E-state index is 5.82. The highest BCUT2D eigenvalue weighted by Crippen LogP contribution is 2.39. The Hall–Kier alpha value is -0.0800. The Labute approximate surface area is 75.7 Å². The predicted molar refractivity (Wildman–Crippen MR) is 49.0 cm³/mol. The van der Waals surface area contributed by atoms with Crippen LogP contribution in [-0.4, -0.2) is 18.5 Å². The van der Waals surface area contributed by atoms with Crippen LogP contribution in [0.2, 0.25) is 0 Å². The Morgan fingerprint density at radius 3 is 2.42 bits per heavy atom. The molecule has 0 amide bonds. The van der Waals surface area contributed by atoms with Crippen LogP contribution in [0.4, 0.5) is 0 Å². The standard InChI is InChI=1S/C10H18O2.H2/c1-8-3-5-10(6-4-8)11-7-9(2)12-10;/h8-9H,3-7H2,1-2H3;1H. The lowest BCUT2D eigenvalue weighted by Gasteiger charge is -2.34. The highest BCUT2D eigenvalue weighted by molar-refractivity contribution is 4.82. The first-order valence-corrected chi connectivity index (χ1v) is 5.02. The van der Waals surface area contributed by atoms with Crippen LogP contribution in [0.25, 0.3) is 0 Å². The number of ether oxygens (including phenoxy) is 2. The summed E-state index contributed by atoms with van der Waals surface area (Å²) in [4.78, 5) is 0. The largest absolute Gasteiger partial charge is 0.347 e. The zero-order valence-electron chi connectivity index (χ0n) is 8.01. The molecule has 0 aromatic rings. The second kappa shape index (κ2) is 3.00. The van der Waals surface area contributed by atoms with Crippen LogP contribution >= 0.6 is 0 Å². The van der Waals surface area contributed by atoms with E-state index in [1.54, 1.807) is 0 Å². The van der Waals surface area contributed by atoms with Crippen LogP contribution < -0.4 is 0 Å². The van der Waals surface area contributed by atoms with Gasteiger partial charge in [-0.1, -0.05) is 6.92 Å². The van der Waals surface area contributed by atoms with E-state index < -0.39 is 0 Å². The van der Waals surface area contributed by atoms with Gasteiger partial charge in [-0.25, -0.2) is 0 Å². The van der Waals surface area contributed by atoms with Gasteiger partial charge in [-0.3, -0.25) is 0 Å². The predicted octanol–water partition coefficient (Wildman–Crippen LogP) is 2.57. The molecule has 0 bridgehead atoms. The fraction of sp³-hybridized carbons (Fsp3) is 1.00. The third-order valence-electron chi connectivity index (χ3n) is 3.03. The molecule has 1 saturated heterocycles. The van der Waals surface area contributed by atoms with Gasteiger partial charge in [0.2, 0.25) is 0 Å². The van der Waals surface area contributed by atoms with Gasteiger partial charge in [-0.05, 0) is 25.7 Å². The molecule has 12 heavy (non-hydrogen) atoms. The summed E-state index contributed by atoms with van der Waals surface area (Å²) in [6.45, 7) is 5.19. The van der Waals surface area contributed by atoms with E-state index in [4.69, 9.17) is 9.47 Å². The van der Waals surface area contributed by atoms with E-state index in [9.17, 15) is 0 Å². The maximum Gasteiger partial charge on any atom is 0.168 e. The molecule has 2 fully saturated rings. The van der Waals surface area contributed by atoms with E-state index in [1.165, 1.54) is 12.8 Å². The Kier molecular flexibility index (Phi) is 2.13. The molecule has 1 heterocycles.